The van der Waals surface area contributed by atoms with Gasteiger partial charge in [-0.25, -0.2) is 15.0 Å². The molecule has 1 fully saturated rings. The van der Waals surface area contributed by atoms with E-state index in [0.29, 0.717) is 23.6 Å². The summed E-state index contributed by atoms with van der Waals surface area (Å²) in [4.78, 5) is 15.6. The molecule has 1 aliphatic heterocycles. The van der Waals surface area contributed by atoms with Crippen LogP contribution in [0.15, 0.2) is 12.7 Å². The lowest BCUT2D eigenvalue weighted by Crippen LogP contribution is -2.28. The highest BCUT2D eigenvalue weighted by atomic mass is 16.5. The van der Waals surface area contributed by atoms with E-state index < -0.39 is 0 Å². The molecule has 2 unspecified atom stereocenters. The van der Waals surface area contributed by atoms with Crippen LogP contribution in [0.5, 0.6) is 0 Å². The van der Waals surface area contributed by atoms with Crippen LogP contribution in [0.25, 0.3) is 11.2 Å². The normalized spacial score (nSPS) is 23.3. The van der Waals surface area contributed by atoms with Crippen LogP contribution in [-0.2, 0) is 4.74 Å². The maximum atomic E-state index is 5.79. The Morgan fingerprint density at radius 1 is 1.42 bits per heavy atom. The van der Waals surface area contributed by atoms with Gasteiger partial charge in [0.2, 0.25) is 0 Å². The summed E-state index contributed by atoms with van der Waals surface area (Å²) >= 11 is 0. The number of H-pyrrole nitrogens is 1. The van der Waals surface area contributed by atoms with Crippen LogP contribution in [0, 0.1) is 11.8 Å². The molecule has 0 amide bonds. The van der Waals surface area contributed by atoms with Gasteiger partial charge in [0.15, 0.2) is 11.5 Å². The summed E-state index contributed by atoms with van der Waals surface area (Å²) in [5, 5.41) is 3.40. The third kappa shape index (κ3) is 2.40. The fraction of sp³-hybridized carbons (Fsp3) is 0.615. The van der Waals surface area contributed by atoms with Crippen LogP contribution in [0.1, 0.15) is 20.3 Å². The summed E-state index contributed by atoms with van der Waals surface area (Å²) in [7, 11) is 0. The monoisotopic (exact) mass is 261 g/mol. The number of anilines is 1. The van der Waals surface area contributed by atoms with Crippen LogP contribution in [0.4, 0.5) is 5.82 Å². The minimum Gasteiger partial charge on any atom is -0.378 e. The largest absolute Gasteiger partial charge is 0.378 e. The zero-order valence-corrected chi connectivity index (χ0v) is 11.3. The average Bonchev–Trinajstić information content (AvgIpc) is 3.04. The first-order valence-corrected chi connectivity index (χ1v) is 6.75. The molecule has 2 atom stereocenters. The fourth-order valence-electron chi connectivity index (χ4n) is 2.74. The summed E-state index contributed by atoms with van der Waals surface area (Å²) in [5.41, 5.74) is 1.56. The number of nitrogens with zero attached hydrogens (tertiary/aromatic N) is 3. The average molecular weight is 261 g/mol. The first-order chi connectivity index (χ1) is 9.25. The molecule has 1 aliphatic rings. The number of imidazole rings is 1. The second kappa shape index (κ2) is 5.13. The maximum Gasteiger partial charge on any atom is 0.182 e. The van der Waals surface area contributed by atoms with E-state index in [1.807, 2.05) is 0 Å². The molecule has 3 heterocycles. The predicted octanol–water partition coefficient (Wildman–Crippen LogP) is 1.83. The van der Waals surface area contributed by atoms with E-state index in [1.165, 1.54) is 6.33 Å². The van der Waals surface area contributed by atoms with Crippen LogP contribution >= 0.6 is 0 Å². The Morgan fingerprint density at radius 2 is 2.32 bits per heavy atom. The smallest absolute Gasteiger partial charge is 0.182 e. The number of nitrogens with one attached hydrogen (secondary N) is 2. The molecule has 0 aliphatic carbocycles. The van der Waals surface area contributed by atoms with Crippen molar-refractivity contribution >= 4 is 17.0 Å². The number of fused-ring (bicyclic) bond motifs is 1. The van der Waals surface area contributed by atoms with E-state index in [0.717, 1.165) is 30.9 Å². The van der Waals surface area contributed by atoms with Crippen molar-refractivity contribution in [1.82, 2.24) is 19.9 Å². The molecule has 0 aromatic carbocycles. The molecular formula is C13H19N5O. The summed E-state index contributed by atoms with van der Waals surface area (Å²) in [5.74, 6) is 1.90. The van der Waals surface area contributed by atoms with Gasteiger partial charge in [0.1, 0.15) is 11.8 Å². The Hall–Kier alpha value is -1.69. The molecule has 6 heteroatoms. The highest BCUT2D eigenvalue weighted by molar-refractivity contribution is 5.81. The van der Waals surface area contributed by atoms with Crippen molar-refractivity contribution in [2.75, 3.05) is 18.5 Å². The van der Waals surface area contributed by atoms with Gasteiger partial charge in [-0.2, -0.15) is 0 Å². The van der Waals surface area contributed by atoms with E-state index in [-0.39, 0.29) is 0 Å². The van der Waals surface area contributed by atoms with Crippen molar-refractivity contribution in [2.45, 2.75) is 26.4 Å². The molecule has 1 saturated heterocycles. The molecule has 102 valence electrons. The van der Waals surface area contributed by atoms with Crippen LogP contribution < -0.4 is 5.32 Å². The third-order valence-corrected chi connectivity index (χ3v) is 3.68. The maximum absolute atomic E-state index is 5.79. The molecule has 2 aromatic heterocycles. The van der Waals surface area contributed by atoms with E-state index in [2.05, 4.69) is 39.1 Å². The van der Waals surface area contributed by atoms with Crippen molar-refractivity contribution in [3.8, 4) is 0 Å². The number of hydrogen-bond donors (Lipinski definition) is 2. The van der Waals surface area contributed by atoms with E-state index >= 15 is 0 Å². The van der Waals surface area contributed by atoms with Gasteiger partial charge in [-0.05, 0) is 12.3 Å². The Balaban J connectivity index is 1.70. The van der Waals surface area contributed by atoms with Gasteiger partial charge in [-0.15, -0.1) is 0 Å². The standard InChI is InChI=1S/C13H19N5O/c1-8(2)11-9(3-4-19-11)5-14-12-10-13(16-6-15-10)18-7-17-12/h6-9,11H,3-5H2,1-2H3,(H2,14,15,16,17,18). The molecule has 2 N–H and O–H groups in total. The zero-order valence-electron chi connectivity index (χ0n) is 11.3. The Labute approximate surface area is 112 Å². The van der Waals surface area contributed by atoms with Gasteiger partial charge in [-0.3, -0.25) is 0 Å². The second-order valence-electron chi connectivity index (χ2n) is 5.33. The lowest BCUT2D eigenvalue weighted by Gasteiger charge is -2.22. The van der Waals surface area contributed by atoms with Crippen molar-refractivity contribution in [2.24, 2.45) is 11.8 Å². The van der Waals surface area contributed by atoms with Crippen molar-refractivity contribution < 1.29 is 4.74 Å². The van der Waals surface area contributed by atoms with Crippen LogP contribution in [-0.4, -0.2) is 39.2 Å². The Morgan fingerprint density at radius 3 is 3.16 bits per heavy atom. The molecule has 2 aromatic rings. The number of aromatic nitrogens is 4. The minimum atomic E-state index is 0.339. The number of rotatable bonds is 4. The molecular weight excluding hydrogens is 242 g/mol. The molecule has 0 radical (unpaired) electrons. The number of aromatic amines is 1. The first-order valence-electron chi connectivity index (χ1n) is 6.75. The molecule has 19 heavy (non-hydrogen) atoms. The fourth-order valence-corrected chi connectivity index (χ4v) is 2.74. The SMILES string of the molecule is CC(C)C1OCCC1CNc1ncnc2nc[nH]c12. The highest BCUT2D eigenvalue weighted by Crippen LogP contribution is 2.27. The second-order valence-corrected chi connectivity index (χ2v) is 5.33. The van der Waals surface area contributed by atoms with Crippen molar-refractivity contribution in [1.29, 1.82) is 0 Å². The van der Waals surface area contributed by atoms with Gasteiger partial charge in [-0.1, -0.05) is 13.8 Å². The van der Waals surface area contributed by atoms with E-state index in [4.69, 9.17) is 4.74 Å². The van der Waals surface area contributed by atoms with Crippen LogP contribution in [0.3, 0.4) is 0 Å². The summed E-state index contributed by atoms with van der Waals surface area (Å²) in [6.45, 7) is 6.15. The molecule has 0 spiro atoms. The third-order valence-electron chi connectivity index (χ3n) is 3.68. The Bertz CT molecular complexity index is 553. The van der Waals surface area contributed by atoms with E-state index in [9.17, 15) is 0 Å². The lowest BCUT2D eigenvalue weighted by atomic mass is 9.93. The minimum absolute atomic E-state index is 0.339. The highest BCUT2D eigenvalue weighted by Gasteiger charge is 2.30. The first kappa shape index (κ1) is 12.3. The Kier molecular flexibility index (Phi) is 3.33. The van der Waals surface area contributed by atoms with Gasteiger partial charge in [0.05, 0.1) is 12.4 Å². The van der Waals surface area contributed by atoms with E-state index in [1.54, 1.807) is 6.33 Å². The molecule has 3 rings (SSSR count). The molecule has 0 bridgehead atoms. The van der Waals surface area contributed by atoms with Gasteiger partial charge in [0, 0.05) is 19.1 Å². The summed E-state index contributed by atoms with van der Waals surface area (Å²) in [6.07, 6.45) is 4.62. The van der Waals surface area contributed by atoms with Gasteiger partial charge in [0.25, 0.3) is 0 Å². The molecule has 6 nitrogen and oxygen atoms in total. The topological polar surface area (TPSA) is 75.7 Å². The van der Waals surface area contributed by atoms with Crippen molar-refractivity contribution in [3.05, 3.63) is 12.7 Å². The number of ether oxygens (including phenoxy) is 1. The molecule has 0 saturated carbocycles. The quantitative estimate of drug-likeness (QED) is 0.878. The van der Waals surface area contributed by atoms with Gasteiger partial charge < -0.3 is 15.0 Å². The van der Waals surface area contributed by atoms with Crippen LogP contribution in [0.2, 0.25) is 0 Å². The summed E-state index contributed by atoms with van der Waals surface area (Å²) < 4.78 is 5.79. The van der Waals surface area contributed by atoms with Crippen molar-refractivity contribution in [3.63, 3.8) is 0 Å². The number of hydrogen-bond acceptors (Lipinski definition) is 5. The summed E-state index contributed by atoms with van der Waals surface area (Å²) in [6, 6.07) is 0. The predicted molar refractivity (Wildman–Crippen MR) is 72.9 cm³/mol. The zero-order chi connectivity index (χ0) is 13.2. The lowest BCUT2D eigenvalue weighted by molar-refractivity contribution is 0.0566. The van der Waals surface area contributed by atoms with Gasteiger partial charge >= 0.3 is 0 Å².